The number of rotatable bonds is 7. The minimum Gasteiger partial charge on any atom is -0.378 e. The molecule has 7 nitrogen and oxygen atoms in total. The van der Waals surface area contributed by atoms with E-state index in [0.717, 1.165) is 23.0 Å². The maximum absolute atomic E-state index is 15.4. The molecule has 0 aliphatic carbocycles. The molecule has 0 radical (unpaired) electrons. The van der Waals surface area contributed by atoms with E-state index >= 15 is 4.39 Å². The van der Waals surface area contributed by atoms with E-state index in [1.807, 2.05) is 32.0 Å². The van der Waals surface area contributed by atoms with E-state index in [9.17, 15) is 4.39 Å². The van der Waals surface area contributed by atoms with Crippen molar-refractivity contribution in [2.75, 3.05) is 36.5 Å². The highest BCUT2D eigenvalue weighted by molar-refractivity contribution is 5.99. The zero-order chi connectivity index (χ0) is 27.4. The van der Waals surface area contributed by atoms with Crippen molar-refractivity contribution >= 4 is 39.9 Å². The number of benzene rings is 1. The van der Waals surface area contributed by atoms with Gasteiger partial charge in [-0.05, 0) is 26.0 Å². The molecule has 9 heteroatoms. The molecule has 1 fully saturated rings. The summed E-state index contributed by atoms with van der Waals surface area (Å²) in [4.78, 5) is 20.1. The van der Waals surface area contributed by atoms with Gasteiger partial charge in [-0.25, -0.2) is 18.7 Å². The Morgan fingerprint density at radius 3 is 2.69 bits per heavy atom. The Labute approximate surface area is 225 Å². The topological polar surface area (TPSA) is 75.5 Å². The van der Waals surface area contributed by atoms with Crippen molar-refractivity contribution < 1.29 is 13.5 Å². The lowest BCUT2D eigenvalue weighted by Gasteiger charge is -2.28. The highest BCUT2D eigenvalue weighted by atomic mass is 19.1. The highest BCUT2D eigenvalue weighted by Crippen LogP contribution is 2.39. The van der Waals surface area contributed by atoms with Gasteiger partial charge in [-0.2, -0.15) is 0 Å². The fourth-order valence-corrected chi connectivity index (χ4v) is 4.58. The Kier molecular flexibility index (Phi) is 7.69. The molecule has 1 aromatic carbocycles. The molecular weight excluding hydrogens is 498 g/mol. The molecule has 39 heavy (non-hydrogen) atoms. The second-order valence-corrected chi connectivity index (χ2v) is 8.97. The number of nitrogens with one attached hydrogen (secondary N) is 1. The van der Waals surface area contributed by atoms with Crippen LogP contribution < -0.4 is 10.2 Å². The molecule has 1 N–H and O–H groups in total. The van der Waals surface area contributed by atoms with Crippen molar-refractivity contribution in [2.45, 2.75) is 13.8 Å². The first-order valence-electron chi connectivity index (χ1n) is 12.6. The molecule has 5 rings (SSSR count). The second-order valence-electron chi connectivity index (χ2n) is 8.97. The van der Waals surface area contributed by atoms with Crippen molar-refractivity contribution in [3.05, 3.63) is 90.4 Å². The van der Waals surface area contributed by atoms with E-state index in [-0.39, 0.29) is 10.9 Å². The zero-order valence-electron chi connectivity index (χ0n) is 21.8. The van der Waals surface area contributed by atoms with Crippen LogP contribution in [0.15, 0.2) is 72.6 Å². The number of aliphatic imine (C=N–C) groups is 1. The van der Waals surface area contributed by atoms with Gasteiger partial charge in [0, 0.05) is 72.8 Å². The van der Waals surface area contributed by atoms with Crippen molar-refractivity contribution in [3.63, 3.8) is 0 Å². The van der Waals surface area contributed by atoms with Crippen LogP contribution in [0.25, 0.3) is 27.9 Å². The summed E-state index contributed by atoms with van der Waals surface area (Å²) in [6.07, 6.45) is 8.47. The van der Waals surface area contributed by atoms with Crippen LogP contribution in [0.2, 0.25) is 0 Å². The predicted octanol–water partition coefficient (Wildman–Crippen LogP) is 6.48. The molecule has 0 spiro atoms. The van der Waals surface area contributed by atoms with Gasteiger partial charge in [0.2, 0.25) is 0 Å². The average Bonchev–Trinajstić information content (AvgIpc) is 2.96. The lowest BCUT2D eigenvalue weighted by molar-refractivity contribution is 0.122. The number of anilines is 3. The van der Waals surface area contributed by atoms with Gasteiger partial charge in [0.05, 0.1) is 46.9 Å². The van der Waals surface area contributed by atoms with Crippen LogP contribution in [0.3, 0.4) is 0 Å². The number of fused-ring (bicyclic) bond motifs is 1. The number of aromatic nitrogens is 3. The van der Waals surface area contributed by atoms with Crippen LogP contribution >= 0.6 is 0 Å². The standard InChI is InChI=1S/C30H28F2N6O/c1-4-20(17-33-5-2)22-18-35-27(38-10-12-39-13-11-38)16-25(22)36-30-19(3)29(24-8-6-7-9-34-24)37-26-15-21(31)14-23(32)28(26)30/h4-9,14-18H,1,10-13H2,2-3H3,(H,35,36,37)/b20-17+,33-5?. The third-order valence-electron chi connectivity index (χ3n) is 6.53. The van der Waals surface area contributed by atoms with E-state index in [0.29, 0.717) is 54.6 Å². The summed E-state index contributed by atoms with van der Waals surface area (Å²) in [6.45, 7) is 10.2. The average molecular weight is 527 g/mol. The maximum Gasteiger partial charge on any atom is 0.137 e. The highest BCUT2D eigenvalue weighted by Gasteiger charge is 2.21. The molecule has 4 aromatic rings. The van der Waals surface area contributed by atoms with Gasteiger partial charge in [0.25, 0.3) is 0 Å². The fraction of sp³-hybridized carbons (Fsp3) is 0.200. The molecule has 0 bridgehead atoms. The van der Waals surface area contributed by atoms with Crippen molar-refractivity contribution in [1.29, 1.82) is 0 Å². The number of ether oxygens (including phenoxy) is 1. The molecule has 0 amide bonds. The first-order chi connectivity index (χ1) is 19.0. The molecule has 0 saturated carbocycles. The normalized spacial score (nSPS) is 14.3. The van der Waals surface area contributed by atoms with Gasteiger partial charge in [0.1, 0.15) is 17.5 Å². The van der Waals surface area contributed by atoms with Gasteiger partial charge in [-0.3, -0.25) is 9.98 Å². The minimum absolute atomic E-state index is 0.181. The Balaban J connectivity index is 1.74. The van der Waals surface area contributed by atoms with Crippen LogP contribution in [0.1, 0.15) is 18.1 Å². The number of halogens is 2. The van der Waals surface area contributed by atoms with Crippen LogP contribution in [0, 0.1) is 18.6 Å². The lowest BCUT2D eigenvalue weighted by atomic mass is 10.0. The van der Waals surface area contributed by atoms with E-state index in [1.165, 1.54) is 6.07 Å². The lowest BCUT2D eigenvalue weighted by Crippen LogP contribution is -2.36. The number of allylic oxidation sites excluding steroid dienone is 2. The molecule has 0 unspecified atom stereocenters. The third-order valence-corrected chi connectivity index (χ3v) is 6.53. The third kappa shape index (κ3) is 5.39. The Morgan fingerprint density at radius 2 is 1.97 bits per heavy atom. The number of hydrogen-bond acceptors (Lipinski definition) is 7. The van der Waals surface area contributed by atoms with Crippen molar-refractivity contribution in [2.24, 2.45) is 4.99 Å². The summed E-state index contributed by atoms with van der Waals surface area (Å²) in [5.74, 6) is -0.669. The Morgan fingerprint density at radius 1 is 1.15 bits per heavy atom. The van der Waals surface area contributed by atoms with Gasteiger partial charge in [0.15, 0.2) is 0 Å². The number of pyridine rings is 3. The Hall–Kier alpha value is -4.50. The van der Waals surface area contributed by atoms with Crippen molar-refractivity contribution in [3.8, 4) is 11.4 Å². The monoisotopic (exact) mass is 526 g/mol. The molecule has 1 aliphatic rings. The summed E-state index contributed by atoms with van der Waals surface area (Å²) in [5, 5.41) is 3.64. The molecule has 3 aromatic heterocycles. The molecule has 1 aliphatic heterocycles. The van der Waals surface area contributed by atoms with Crippen molar-refractivity contribution in [1.82, 2.24) is 15.0 Å². The van der Waals surface area contributed by atoms with E-state index in [2.05, 4.69) is 31.8 Å². The molecule has 1 saturated heterocycles. The molecule has 0 atom stereocenters. The summed E-state index contributed by atoms with van der Waals surface area (Å²) >= 11 is 0. The summed E-state index contributed by atoms with van der Waals surface area (Å²) in [5.41, 5.74) is 4.53. The van der Waals surface area contributed by atoms with Crippen LogP contribution in [-0.2, 0) is 4.74 Å². The predicted molar refractivity (Wildman–Crippen MR) is 153 cm³/mol. The first kappa shape index (κ1) is 26.1. The molecule has 4 heterocycles. The SMILES string of the molecule is C=C/C(=C\N=CC)c1cnc(N2CCOCC2)cc1Nc1c(C)c(-c2ccccn2)nc2cc(F)cc(F)c12. The van der Waals surface area contributed by atoms with E-state index in [4.69, 9.17) is 9.72 Å². The van der Waals surface area contributed by atoms with Gasteiger partial charge in [-0.1, -0.05) is 18.7 Å². The quantitative estimate of drug-likeness (QED) is 0.220. The van der Waals surface area contributed by atoms with Crippen LogP contribution in [0.4, 0.5) is 26.0 Å². The number of morpholine rings is 1. The smallest absolute Gasteiger partial charge is 0.137 e. The molecule has 198 valence electrons. The number of nitrogens with zero attached hydrogens (tertiary/aromatic N) is 5. The summed E-state index contributed by atoms with van der Waals surface area (Å²) in [7, 11) is 0. The van der Waals surface area contributed by atoms with Gasteiger partial charge in [-0.15, -0.1) is 0 Å². The molecular formula is C30H28F2N6O. The minimum atomic E-state index is -0.713. The second kappa shape index (κ2) is 11.5. The first-order valence-corrected chi connectivity index (χ1v) is 12.6. The van der Waals surface area contributed by atoms with E-state index < -0.39 is 11.6 Å². The Bertz CT molecular complexity index is 1580. The van der Waals surface area contributed by atoms with Gasteiger partial charge >= 0.3 is 0 Å². The van der Waals surface area contributed by atoms with Gasteiger partial charge < -0.3 is 15.0 Å². The van der Waals surface area contributed by atoms with E-state index in [1.54, 1.807) is 37.0 Å². The summed E-state index contributed by atoms with van der Waals surface area (Å²) < 4.78 is 35.2. The number of hydrogen-bond donors (Lipinski definition) is 1. The zero-order valence-corrected chi connectivity index (χ0v) is 21.8. The van der Waals surface area contributed by atoms with Crippen LogP contribution in [-0.4, -0.2) is 47.5 Å². The fourth-order valence-electron chi connectivity index (χ4n) is 4.58. The largest absolute Gasteiger partial charge is 0.378 e. The summed E-state index contributed by atoms with van der Waals surface area (Å²) in [6, 6.07) is 9.48. The maximum atomic E-state index is 15.4. The van der Waals surface area contributed by atoms with Crippen LogP contribution in [0.5, 0.6) is 0 Å².